The first-order valence-electron chi connectivity index (χ1n) is 9.33. The fourth-order valence-electron chi connectivity index (χ4n) is 2.89. The second-order valence-electron chi connectivity index (χ2n) is 7.00. The number of carbonyl (C=O) groups is 1. The molecule has 1 amide bonds. The average Bonchev–Trinajstić information content (AvgIpc) is 3.12. The van der Waals surface area contributed by atoms with Gasteiger partial charge in [-0.2, -0.15) is 0 Å². The predicted molar refractivity (Wildman–Crippen MR) is 102 cm³/mol. The molecule has 1 aliphatic rings. The third-order valence-electron chi connectivity index (χ3n) is 4.51. The van der Waals surface area contributed by atoms with E-state index >= 15 is 0 Å². The first-order chi connectivity index (χ1) is 14.6. The molecule has 0 aliphatic heterocycles. The Labute approximate surface area is 180 Å². The molecule has 1 aliphatic carbocycles. The number of nitrogens with one attached hydrogen (secondary N) is 1. The largest absolute Gasteiger partial charge is 0.522 e. The van der Waals surface area contributed by atoms with Crippen LogP contribution in [-0.2, 0) is 20.7 Å². The number of hydrogen-bond acceptors (Lipinski definition) is 5. The number of carbonyl (C=O) groups excluding carboxylic acids is 1. The molecule has 0 unspecified atom stereocenters. The van der Waals surface area contributed by atoms with Crippen LogP contribution in [0.2, 0.25) is 5.02 Å². The Morgan fingerprint density at radius 2 is 2.06 bits per heavy atom. The molecule has 1 saturated carbocycles. The van der Waals surface area contributed by atoms with Gasteiger partial charge in [0.25, 0.3) is 0 Å². The molecule has 0 bridgehead atoms. The van der Waals surface area contributed by atoms with Gasteiger partial charge in [-0.1, -0.05) is 18.2 Å². The molecule has 168 valence electrons. The molecule has 0 atom stereocenters. The number of aromatic nitrogens is 1. The number of halogens is 5. The zero-order chi connectivity index (χ0) is 22.6. The van der Waals surface area contributed by atoms with Crippen LogP contribution in [0.3, 0.4) is 0 Å². The molecule has 0 radical (unpaired) electrons. The van der Waals surface area contributed by atoms with E-state index in [1.165, 1.54) is 18.3 Å². The Kier molecular flexibility index (Phi) is 7.34. The summed E-state index contributed by atoms with van der Waals surface area (Å²) in [7, 11) is 0. The van der Waals surface area contributed by atoms with Crippen LogP contribution in [0.4, 0.5) is 17.6 Å². The summed E-state index contributed by atoms with van der Waals surface area (Å²) in [6, 6.07) is 4.21. The molecular formula is C20H19ClF4N2O4. The topological polar surface area (TPSA) is 73.6 Å². The molecule has 0 spiro atoms. The molecule has 1 N–H and O–H groups in total. The van der Waals surface area contributed by atoms with Gasteiger partial charge >= 0.3 is 6.36 Å². The maximum Gasteiger partial charge on any atom is 0.522 e. The zero-order valence-electron chi connectivity index (χ0n) is 16.2. The van der Waals surface area contributed by atoms with Crippen molar-refractivity contribution in [3.05, 3.63) is 53.3 Å². The van der Waals surface area contributed by atoms with E-state index < -0.39 is 30.3 Å². The van der Waals surface area contributed by atoms with Crippen molar-refractivity contribution in [3.63, 3.8) is 0 Å². The van der Waals surface area contributed by atoms with E-state index in [-0.39, 0.29) is 30.4 Å². The van der Waals surface area contributed by atoms with Crippen molar-refractivity contribution in [3.8, 4) is 11.5 Å². The molecule has 0 saturated heterocycles. The lowest BCUT2D eigenvalue weighted by Crippen LogP contribution is -2.42. The minimum Gasteiger partial charge on any atom is -0.441 e. The van der Waals surface area contributed by atoms with Crippen molar-refractivity contribution in [1.29, 1.82) is 0 Å². The first kappa shape index (κ1) is 23.2. The summed E-state index contributed by atoms with van der Waals surface area (Å²) in [6.07, 6.45) is -3.63. The zero-order valence-corrected chi connectivity index (χ0v) is 16.9. The van der Waals surface area contributed by atoms with Crippen molar-refractivity contribution in [2.45, 2.75) is 44.3 Å². The van der Waals surface area contributed by atoms with Crippen LogP contribution in [0.15, 0.2) is 41.1 Å². The Morgan fingerprint density at radius 3 is 2.74 bits per heavy atom. The Bertz CT molecular complexity index is 942. The van der Waals surface area contributed by atoms with E-state index in [0.29, 0.717) is 29.9 Å². The summed E-state index contributed by atoms with van der Waals surface area (Å²) in [6.45, 7) is 3.46. The number of amides is 1. The number of allylic oxidation sites excluding steroid dienone is 1. The van der Waals surface area contributed by atoms with Gasteiger partial charge < -0.3 is 14.5 Å². The molecule has 1 fully saturated rings. The highest BCUT2D eigenvalue weighted by Gasteiger charge is 2.40. The van der Waals surface area contributed by atoms with E-state index in [9.17, 15) is 22.4 Å². The summed E-state index contributed by atoms with van der Waals surface area (Å²) < 4.78 is 64.4. The van der Waals surface area contributed by atoms with Crippen molar-refractivity contribution < 1.29 is 36.2 Å². The summed E-state index contributed by atoms with van der Waals surface area (Å²) >= 11 is 5.65. The Morgan fingerprint density at radius 1 is 1.32 bits per heavy atom. The molecule has 1 aromatic heterocycles. The van der Waals surface area contributed by atoms with Gasteiger partial charge in [-0.05, 0) is 24.6 Å². The fraction of sp³-hybridized carbons (Fsp3) is 0.400. The third kappa shape index (κ3) is 7.05. The Balaban J connectivity index is 1.35. The van der Waals surface area contributed by atoms with Gasteiger partial charge in [0.1, 0.15) is 18.2 Å². The maximum absolute atomic E-state index is 13.6. The molecule has 11 heteroatoms. The molecule has 1 aromatic carbocycles. The molecule has 3 rings (SSSR count). The van der Waals surface area contributed by atoms with E-state index in [4.69, 9.17) is 20.8 Å². The van der Waals surface area contributed by atoms with Crippen LogP contribution in [0.25, 0.3) is 11.5 Å². The van der Waals surface area contributed by atoms with Crippen molar-refractivity contribution in [2.24, 2.45) is 0 Å². The van der Waals surface area contributed by atoms with Gasteiger partial charge in [0, 0.05) is 30.5 Å². The number of alkyl halides is 3. The second kappa shape index (κ2) is 9.80. The predicted octanol–water partition coefficient (Wildman–Crippen LogP) is 4.78. The normalized spacial score (nSPS) is 18.5. The fourth-order valence-corrected chi connectivity index (χ4v) is 3.01. The van der Waals surface area contributed by atoms with Crippen molar-refractivity contribution >= 4 is 17.5 Å². The smallest absolute Gasteiger partial charge is 0.441 e. The van der Waals surface area contributed by atoms with Crippen molar-refractivity contribution in [1.82, 2.24) is 10.3 Å². The lowest BCUT2D eigenvalue weighted by Gasteiger charge is -2.34. The van der Waals surface area contributed by atoms with Gasteiger partial charge in [0.05, 0.1) is 23.4 Å². The number of hydrogen-bond donors (Lipinski definition) is 1. The van der Waals surface area contributed by atoms with E-state index in [1.807, 2.05) is 0 Å². The van der Waals surface area contributed by atoms with Crippen LogP contribution >= 0.6 is 11.6 Å². The second-order valence-corrected chi connectivity index (χ2v) is 7.41. The van der Waals surface area contributed by atoms with Gasteiger partial charge in [0.2, 0.25) is 11.8 Å². The average molecular weight is 463 g/mol. The maximum atomic E-state index is 13.6. The minimum atomic E-state index is -4.67. The molecule has 6 nitrogen and oxygen atoms in total. The van der Waals surface area contributed by atoms with E-state index in [1.54, 1.807) is 6.07 Å². The van der Waals surface area contributed by atoms with Gasteiger partial charge in [-0.3, -0.25) is 9.53 Å². The van der Waals surface area contributed by atoms with Gasteiger partial charge in [0.15, 0.2) is 0 Å². The summed E-state index contributed by atoms with van der Waals surface area (Å²) in [5.41, 5.74) is 0.854. The molecule has 1 heterocycles. The third-order valence-corrected chi connectivity index (χ3v) is 4.82. The number of aryl methyl sites for hydroxylation is 1. The lowest BCUT2D eigenvalue weighted by atomic mass is 9.92. The number of ether oxygens (including phenoxy) is 2. The van der Waals surface area contributed by atoms with Crippen LogP contribution in [0, 0.1) is 5.82 Å². The minimum absolute atomic E-state index is 0.00156. The summed E-state index contributed by atoms with van der Waals surface area (Å²) in [5.74, 6) is -0.285. The Hall–Kier alpha value is -2.43. The number of benzene rings is 1. The van der Waals surface area contributed by atoms with E-state index in [0.717, 1.165) is 0 Å². The highest BCUT2D eigenvalue weighted by Crippen LogP contribution is 2.32. The van der Waals surface area contributed by atoms with Gasteiger partial charge in [-0.25, -0.2) is 9.37 Å². The molecule has 2 aromatic rings. The standard InChI is InChI=1S/C20H19ClF4N2O4/c1-11(27-18(28)10-29-14-7-15(8-14)31-20(23,24)25)2-4-13-9-26-19(30-13)12-3-5-16(21)17(22)6-12/h3,5-6,9,14-15H,1-2,4,7-8,10H2,(H,27,28)/t14-,15+. The van der Waals surface area contributed by atoms with Crippen LogP contribution in [-0.4, -0.2) is 36.1 Å². The summed E-state index contributed by atoms with van der Waals surface area (Å²) in [4.78, 5) is 16.0. The summed E-state index contributed by atoms with van der Waals surface area (Å²) in [5, 5.41) is 2.56. The molecule has 31 heavy (non-hydrogen) atoms. The number of nitrogens with zero attached hydrogens (tertiary/aromatic N) is 1. The SMILES string of the molecule is C=C(CCc1cnc(-c2ccc(Cl)c(F)c2)o1)NC(=O)CO[C@H]1C[C@@H](OC(F)(F)F)C1. The number of rotatable bonds is 9. The number of oxazole rings is 1. The monoisotopic (exact) mass is 462 g/mol. The lowest BCUT2D eigenvalue weighted by molar-refractivity contribution is -0.357. The van der Waals surface area contributed by atoms with E-state index in [2.05, 4.69) is 21.6 Å². The van der Waals surface area contributed by atoms with Crippen LogP contribution in [0.1, 0.15) is 25.0 Å². The van der Waals surface area contributed by atoms with Gasteiger partial charge in [-0.15, -0.1) is 13.2 Å². The first-order valence-corrected chi connectivity index (χ1v) is 9.71. The van der Waals surface area contributed by atoms with Crippen LogP contribution in [0.5, 0.6) is 0 Å². The highest BCUT2D eigenvalue weighted by atomic mass is 35.5. The highest BCUT2D eigenvalue weighted by molar-refractivity contribution is 6.30. The quantitative estimate of drug-likeness (QED) is 0.543. The van der Waals surface area contributed by atoms with Crippen LogP contribution < -0.4 is 5.32 Å². The van der Waals surface area contributed by atoms with Crippen molar-refractivity contribution in [2.75, 3.05) is 6.61 Å². The molecular weight excluding hydrogens is 444 g/mol.